The van der Waals surface area contributed by atoms with Gasteiger partial charge in [0.2, 0.25) is 0 Å². The number of aliphatic carboxylic acids is 1. The Morgan fingerprint density at radius 3 is 2.28 bits per heavy atom. The molecule has 3 unspecified atom stereocenters. The molecular formula is C15H22O3. The van der Waals surface area contributed by atoms with Gasteiger partial charge in [-0.1, -0.05) is 13.0 Å². The van der Waals surface area contributed by atoms with Gasteiger partial charge in [-0.25, -0.2) is 4.79 Å². The van der Waals surface area contributed by atoms with Crippen LogP contribution < -0.4 is 0 Å². The molecule has 4 bridgehead atoms. The highest BCUT2D eigenvalue weighted by Crippen LogP contribution is 2.65. The molecule has 0 amide bonds. The summed E-state index contributed by atoms with van der Waals surface area (Å²) in [5.41, 5.74) is -0.173. The van der Waals surface area contributed by atoms with Gasteiger partial charge in [-0.05, 0) is 62.2 Å². The van der Waals surface area contributed by atoms with Crippen LogP contribution in [-0.2, 0) is 4.79 Å². The molecule has 3 nitrogen and oxygen atoms in total. The van der Waals surface area contributed by atoms with E-state index in [0.717, 1.165) is 25.7 Å². The van der Waals surface area contributed by atoms with Crippen molar-refractivity contribution in [1.82, 2.24) is 0 Å². The third-order valence-corrected chi connectivity index (χ3v) is 5.80. The molecule has 2 N–H and O–H groups in total. The lowest BCUT2D eigenvalue weighted by molar-refractivity contribution is -0.191. The van der Waals surface area contributed by atoms with Gasteiger partial charge in [0.25, 0.3) is 0 Å². The quantitative estimate of drug-likeness (QED) is 0.741. The molecule has 18 heavy (non-hydrogen) atoms. The highest BCUT2D eigenvalue weighted by Gasteiger charge is 2.60. The van der Waals surface area contributed by atoms with E-state index in [2.05, 4.69) is 6.92 Å². The Hall–Kier alpha value is -0.830. The van der Waals surface area contributed by atoms with Crippen LogP contribution in [0.3, 0.4) is 0 Å². The van der Waals surface area contributed by atoms with Crippen molar-refractivity contribution in [3.8, 4) is 0 Å². The van der Waals surface area contributed by atoms with Gasteiger partial charge in [0.05, 0.1) is 5.60 Å². The lowest BCUT2D eigenvalue weighted by Crippen LogP contribution is -2.61. The third-order valence-electron chi connectivity index (χ3n) is 5.80. The first kappa shape index (κ1) is 12.2. The van der Waals surface area contributed by atoms with Crippen LogP contribution in [0.15, 0.2) is 11.6 Å². The second kappa shape index (κ2) is 3.60. The Balaban J connectivity index is 2.01. The molecule has 0 aromatic carbocycles. The van der Waals surface area contributed by atoms with Gasteiger partial charge in [-0.2, -0.15) is 0 Å². The Kier molecular flexibility index (Phi) is 2.44. The number of rotatable bonds is 2. The third kappa shape index (κ3) is 1.56. The van der Waals surface area contributed by atoms with Gasteiger partial charge >= 0.3 is 5.97 Å². The molecule has 3 heteroatoms. The molecule has 0 aromatic rings. The summed E-state index contributed by atoms with van der Waals surface area (Å²) in [6.45, 7) is 3.79. The molecule has 0 heterocycles. The number of carboxylic acids is 1. The van der Waals surface area contributed by atoms with Crippen molar-refractivity contribution < 1.29 is 15.0 Å². The standard InChI is InChI=1S/C15H22O3/c1-9(13(16)17)4-14-5-11-3-12(6-14)8-15(18,7-11)10(14)2/h4,10-12,18H,3,5-8H2,1-2H3,(H,16,17). The van der Waals surface area contributed by atoms with Crippen molar-refractivity contribution >= 4 is 5.97 Å². The second-order valence-electron chi connectivity index (χ2n) is 6.98. The number of allylic oxidation sites excluding steroid dienone is 1. The molecule has 4 aliphatic carbocycles. The molecule has 0 aliphatic heterocycles. The fourth-order valence-corrected chi connectivity index (χ4v) is 5.17. The van der Waals surface area contributed by atoms with Crippen molar-refractivity contribution in [3.05, 3.63) is 11.6 Å². The lowest BCUT2D eigenvalue weighted by atomic mass is 9.43. The summed E-state index contributed by atoms with van der Waals surface area (Å²) in [4.78, 5) is 11.1. The molecule has 0 saturated heterocycles. The second-order valence-corrected chi connectivity index (χ2v) is 6.98. The van der Waals surface area contributed by atoms with E-state index in [4.69, 9.17) is 5.11 Å². The van der Waals surface area contributed by atoms with Crippen LogP contribution in [0, 0.1) is 23.2 Å². The minimum atomic E-state index is -0.829. The summed E-state index contributed by atoms with van der Waals surface area (Å²) in [6.07, 6.45) is 7.17. The van der Waals surface area contributed by atoms with Crippen LogP contribution in [0.5, 0.6) is 0 Å². The van der Waals surface area contributed by atoms with Gasteiger partial charge < -0.3 is 10.2 Å². The first-order valence-corrected chi connectivity index (χ1v) is 7.00. The van der Waals surface area contributed by atoms with E-state index < -0.39 is 11.6 Å². The number of carbonyl (C=O) groups is 1. The van der Waals surface area contributed by atoms with Gasteiger partial charge in [0, 0.05) is 5.57 Å². The summed E-state index contributed by atoms with van der Waals surface area (Å²) in [6, 6.07) is 0. The van der Waals surface area contributed by atoms with Crippen molar-refractivity contribution in [3.63, 3.8) is 0 Å². The topological polar surface area (TPSA) is 57.5 Å². The smallest absolute Gasteiger partial charge is 0.330 e. The summed E-state index contributed by atoms with van der Waals surface area (Å²) in [5, 5.41) is 19.9. The Bertz CT molecular complexity index is 409. The van der Waals surface area contributed by atoms with E-state index in [9.17, 15) is 9.90 Å². The van der Waals surface area contributed by atoms with Gasteiger partial charge in [-0.3, -0.25) is 0 Å². The van der Waals surface area contributed by atoms with E-state index in [1.807, 2.05) is 6.08 Å². The lowest BCUT2D eigenvalue weighted by Gasteiger charge is -2.63. The van der Waals surface area contributed by atoms with E-state index in [0.29, 0.717) is 17.4 Å². The average molecular weight is 250 g/mol. The summed E-state index contributed by atoms with van der Waals surface area (Å²) in [7, 11) is 0. The molecule has 4 saturated carbocycles. The number of hydrogen-bond acceptors (Lipinski definition) is 2. The highest BCUT2D eigenvalue weighted by molar-refractivity contribution is 5.85. The van der Waals surface area contributed by atoms with Gasteiger partial charge in [-0.15, -0.1) is 0 Å². The largest absolute Gasteiger partial charge is 0.478 e. The van der Waals surface area contributed by atoms with E-state index in [-0.39, 0.29) is 11.3 Å². The molecule has 4 fully saturated rings. The van der Waals surface area contributed by atoms with Gasteiger partial charge in [0.1, 0.15) is 0 Å². The summed E-state index contributed by atoms with van der Waals surface area (Å²) >= 11 is 0. The molecule has 3 atom stereocenters. The maximum atomic E-state index is 11.1. The van der Waals surface area contributed by atoms with Gasteiger partial charge in [0.15, 0.2) is 0 Å². The van der Waals surface area contributed by atoms with Crippen LogP contribution >= 0.6 is 0 Å². The normalized spacial score (nSPS) is 50.6. The number of hydrogen-bond donors (Lipinski definition) is 2. The summed E-state index contributed by atoms with van der Waals surface area (Å²) in [5.74, 6) is 0.546. The number of aliphatic hydroxyl groups is 1. The molecular weight excluding hydrogens is 228 g/mol. The zero-order valence-corrected chi connectivity index (χ0v) is 11.1. The minimum Gasteiger partial charge on any atom is -0.478 e. The minimum absolute atomic E-state index is 0.0681. The maximum Gasteiger partial charge on any atom is 0.330 e. The molecule has 4 aliphatic rings. The van der Waals surface area contributed by atoms with E-state index in [1.165, 1.54) is 6.42 Å². The zero-order chi connectivity index (χ0) is 13.1. The highest BCUT2D eigenvalue weighted by atomic mass is 16.4. The van der Waals surface area contributed by atoms with E-state index in [1.54, 1.807) is 6.92 Å². The van der Waals surface area contributed by atoms with Crippen LogP contribution in [0.1, 0.15) is 46.0 Å². The van der Waals surface area contributed by atoms with Crippen LogP contribution in [-0.4, -0.2) is 21.8 Å². The maximum absolute atomic E-state index is 11.1. The first-order chi connectivity index (χ1) is 8.35. The van der Waals surface area contributed by atoms with E-state index >= 15 is 0 Å². The molecule has 0 radical (unpaired) electrons. The predicted octanol–water partition coefficient (Wildman–Crippen LogP) is 2.59. The Morgan fingerprint density at radius 2 is 1.78 bits per heavy atom. The zero-order valence-electron chi connectivity index (χ0n) is 11.1. The average Bonchev–Trinajstić information content (AvgIpc) is 2.24. The van der Waals surface area contributed by atoms with Crippen molar-refractivity contribution in [2.75, 3.05) is 0 Å². The first-order valence-electron chi connectivity index (χ1n) is 7.00. The molecule has 100 valence electrons. The Morgan fingerprint density at radius 1 is 1.22 bits per heavy atom. The van der Waals surface area contributed by atoms with Crippen LogP contribution in [0.4, 0.5) is 0 Å². The number of carboxylic acid groups (broad SMARTS) is 1. The Labute approximate surface area is 108 Å². The predicted molar refractivity (Wildman–Crippen MR) is 68.0 cm³/mol. The van der Waals surface area contributed by atoms with Crippen molar-refractivity contribution in [2.45, 2.75) is 51.6 Å². The van der Waals surface area contributed by atoms with Crippen molar-refractivity contribution in [1.29, 1.82) is 0 Å². The fraction of sp³-hybridized carbons (Fsp3) is 0.800. The SMILES string of the molecule is CC(=CC12CC3CC(CC(O)(C3)C1C)C2)C(=O)O. The molecule has 4 rings (SSSR count). The monoisotopic (exact) mass is 250 g/mol. The molecule has 0 spiro atoms. The van der Waals surface area contributed by atoms with Crippen LogP contribution in [0.2, 0.25) is 0 Å². The fourth-order valence-electron chi connectivity index (χ4n) is 5.17. The van der Waals surface area contributed by atoms with Crippen LogP contribution in [0.25, 0.3) is 0 Å². The van der Waals surface area contributed by atoms with Crippen molar-refractivity contribution in [2.24, 2.45) is 23.2 Å². The molecule has 0 aromatic heterocycles. The summed E-state index contributed by atoms with van der Waals surface area (Å²) < 4.78 is 0.